The number of rotatable bonds is 3. The lowest BCUT2D eigenvalue weighted by atomic mass is 9.95. The van der Waals surface area contributed by atoms with Gasteiger partial charge in [0.2, 0.25) is 11.2 Å². The van der Waals surface area contributed by atoms with Crippen molar-refractivity contribution >= 4 is 11.5 Å². The molecular formula is C16H15NO4. The topological polar surface area (TPSA) is 74.7 Å². The number of hydrogen-bond acceptors (Lipinski definition) is 5. The Hall–Kier alpha value is -2.43. The number of phenolic OH excluding ortho intramolecular Hbond substituents is 1. The monoisotopic (exact) mass is 285 g/mol. The van der Waals surface area contributed by atoms with Gasteiger partial charge in [0.05, 0.1) is 5.56 Å². The summed E-state index contributed by atoms with van der Waals surface area (Å²) in [7, 11) is 0. The van der Waals surface area contributed by atoms with Crippen LogP contribution in [0.3, 0.4) is 0 Å². The summed E-state index contributed by atoms with van der Waals surface area (Å²) >= 11 is 0. The molecule has 108 valence electrons. The molecule has 5 heteroatoms. The van der Waals surface area contributed by atoms with Gasteiger partial charge in [-0.25, -0.2) is 0 Å². The highest BCUT2D eigenvalue weighted by atomic mass is 16.3. The average Bonchev–Trinajstić information content (AvgIpc) is 2.52. The van der Waals surface area contributed by atoms with Crippen molar-refractivity contribution in [2.24, 2.45) is 0 Å². The van der Waals surface area contributed by atoms with Crippen molar-refractivity contribution in [3.63, 3.8) is 0 Å². The minimum Gasteiger partial charge on any atom is -0.507 e. The predicted octanol–water partition coefficient (Wildman–Crippen LogP) is 1.21. The fraction of sp³-hybridized carbons (Fsp3) is 0.312. The van der Waals surface area contributed by atoms with Gasteiger partial charge in [0.15, 0.2) is 0 Å². The van der Waals surface area contributed by atoms with Gasteiger partial charge in [0.1, 0.15) is 17.0 Å². The molecule has 5 nitrogen and oxygen atoms in total. The summed E-state index contributed by atoms with van der Waals surface area (Å²) in [5, 5.41) is 9.74. The molecule has 0 aliphatic carbocycles. The van der Waals surface area contributed by atoms with Crippen LogP contribution in [0.25, 0.3) is 0 Å². The van der Waals surface area contributed by atoms with Gasteiger partial charge in [-0.2, -0.15) is 0 Å². The van der Waals surface area contributed by atoms with Crippen LogP contribution in [0.1, 0.15) is 35.2 Å². The molecule has 0 aromatic heterocycles. The highest BCUT2D eigenvalue weighted by Crippen LogP contribution is 2.25. The Balaban J connectivity index is 2.02. The SMILES string of the molecule is O=C(c1ccccc1O)c1c(N2CCCCC2)c(=O)c1=O. The van der Waals surface area contributed by atoms with Crippen molar-refractivity contribution in [3.8, 4) is 5.75 Å². The second-order valence-corrected chi connectivity index (χ2v) is 5.28. The molecule has 0 bridgehead atoms. The maximum atomic E-state index is 12.4. The molecule has 1 heterocycles. The molecule has 1 fully saturated rings. The summed E-state index contributed by atoms with van der Waals surface area (Å²) in [6.45, 7) is 1.37. The van der Waals surface area contributed by atoms with Crippen LogP contribution in [0.2, 0.25) is 0 Å². The Morgan fingerprint density at radius 3 is 2.33 bits per heavy atom. The van der Waals surface area contributed by atoms with Crippen LogP contribution >= 0.6 is 0 Å². The third kappa shape index (κ3) is 2.14. The van der Waals surface area contributed by atoms with Crippen LogP contribution in [0, 0.1) is 0 Å². The fourth-order valence-corrected chi connectivity index (χ4v) is 2.81. The van der Waals surface area contributed by atoms with E-state index in [2.05, 4.69) is 0 Å². The van der Waals surface area contributed by atoms with Crippen LogP contribution < -0.4 is 15.8 Å². The van der Waals surface area contributed by atoms with E-state index in [1.54, 1.807) is 12.1 Å². The van der Waals surface area contributed by atoms with Crippen molar-refractivity contribution in [1.29, 1.82) is 0 Å². The quantitative estimate of drug-likeness (QED) is 0.677. The molecule has 21 heavy (non-hydrogen) atoms. The third-order valence-corrected chi connectivity index (χ3v) is 3.93. The van der Waals surface area contributed by atoms with Gasteiger partial charge >= 0.3 is 0 Å². The number of hydrogen-bond donors (Lipinski definition) is 1. The summed E-state index contributed by atoms with van der Waals surface area (Å²) in [5.41, 5.74) is -1.13. The Morgan fingerprint density at radius 2 is 1.67 bits per heavy atom. The second kappa shape index (κ2) is 5.16. The van der Waals surface area contributed by atoms with Gasteiger partial charge in [-0.15, -0.1) is 0 Å². The van der Waals surface area contributed by atoms with Gasteiger partial charge in [-0.05, 0) is 31.4 Å². The highest BCUT2D eigenvalue weighted by molar-refractivity contribution is 6.14. The van der Waals surface area contributed by atoms with Crippen molar-refractivity contribution in [2.45, 2.75) is 19.3 Å². The van der Waals surface area contributed by atoms with E-state index in [9.17, 15) is 19.5 Å². The molecule has 1 N–H and O–H groups in total. The Morgan fingerprint density at radius 1 is 1.00 bits per heavy atom. The maximum absolute atomic E-state index is 12.4. The number of ketones is 1. The molecule has 1 saturated heterocycles. The number of aromatic hydroxyl groups is 1. The van der Waals surface area contributed by atoms with E-state index in [1.165, 1.54) is 12.1 Å². The summed E-state index contributed by atoms with van der Waals surface area (Å²) < 4.78 is 0. The number of para-hydroxylation sites is 1. The summed E-state index contributed by atoms with van der Waals surface area (Å²) in [4.78, 5) is 37.9. The average molecular weight is 285 g/mol. The van der Waals surface area contributed by atoms with Gasteiger partial charge in [-0.1, -0.05) is 12.1 Å². The molecule has 3 rings (SSSR count). The van der Waals surface area contributed by atoms with Crippen LogP contribution in [0.15, 0.2) is 33.9 Å². The zero-order chi connectivity index (χ0) is 15.0. The lowest BCUT2D eigenvalue weighted by molar-refractivity contribution is 0.103. The van der Waals surface area contributed by atoms with Crippen LogP contribution in [0.4, 0.5) is 5.69 Å². The van der Waals surface area contributed by atoms with Crippen molar-refractivity contribution in [2.75, 3.05) is 18.0 Å². The lowest BCUT2D eigenvalue weighted by Crippen LogP contribution is -2.47. The lowest BCUT2D eigenvalue weighted by Gasteiger charge is -2.30. The Labute approximate surface area is 121 Å². The van der Waals surface area contributed by atoms with Crippen LogP contribution in [0.5, 0.6) is 5.75 Å². The largest absolute Gasteiger partial charge is 0.507 e. The summed E-state index contributed by atoms with van der Waals surface area (Å²) in [6.07, 6.45) is 2.99. The number of nitrogens with zero attached hydrogens (tertiary/aromatic N) is 1. The van der Waals surface area contributed by atoms with Crippen LogP contribution in [-0.4, -0.2) is 24.0 Å². The highest BCUT2D eigenvalue weighted by Gasteiger charge is 2.32. The molecule has 0 atom stereocenters. The van der Waals surface area contributed by atoms with Crippen molar-refractivity contribution < 1.29 is 9.90 Å². The van der Waals surface area contributed by atoms with E-state index in [-0.39, 0.29) is 22.6 Å². The molecule has 1 aliphatic rings. The first-order valence-corrected chi connectivity index (χ1v) is 7.02. The number of benzene rings is 1. The Bertz CT molecular complexity index is 765. The van der Waals surface area contributed by atoms with E-state index in [0.717, 1.165) is 19.3 Å². The molecule has 0 amide bonds. The van der Waals surface area contributed by atoms with E-state index >= 15 is 0 Å². The van der Waals surface area contributed by atoms with Gasteiger partial charge in [0, 0.05) is 13.1 Å². The number of piperidine rings is 1. The molecule has 2 aromatic carbocycles. The second-order valence-electron chi connectivity index (χ2n) is 5.28. The fourth-order valence-electron chi connectivity index (χ4n) is 2.81. The molecule has 2 aromatic rings. The van der Waals surface area contributed by atoms with Crippen molar-refractivity contribution in [1.82, 2.24) is 0 Å². The number of carbonyl (C=O) groups excluding carboxylic acids is 1. The normalized spacial score (nSPS) is 15.3. The first kappa shape index (κ1) is 13.5. The standard InChI is InChI=1S/C16H15NO4/c18-11-7-3-2-6-10(11)14(19)12-13(16(21)15(12)20)17-8-4-1-5-9-17/h2-3,6-7,18H,1,4-5,8-9H2. The number of phenols is 1. The number of anilines is 1. The molecule has 0 radical (unpaired) electrons. The van der Waals surface area contributed by atoms with Gasteiger partial charge in [-0.3, -0.25) is 14.4 Å². The molecular weight excluding hydrogens is 270 g/mol. The molecule has 0 spiro atoms. The van der Waals surface area contributed by atoms with Crippen LogP contribution in [-0.2, 0) is 0 Å². The first-order chi connectivity index (χ1) is 10.1. The van der Waals surface area contributed by atoms with E-state index in [0.29, 0.717) is 13.1 Å². The predicted molar refractivity (Wildman–Crippen MR) is 79.0 cm³/mol. The minimum absolute atomic E-state index is 0.0582. The molecule has 0 saturated carbocycles. The van der Waals surface area contributed by atoms with E-state index < -0.39 is 16.6 Å². The molecule has 1 aliphatic heterocycles. The zero-order valence-electron chi connectivity index (χ0n) is 11.5. The maximum Gasteiger partial charge on any atom is 0.250 e. The van der Waals surface area contributed by atoms with E-state index in [4.69, 9.17) is 0 Å². The van der Waals surface area contributed by atoms with Gasteiger partial charge in [0.25, 0.3) is 5.43 Å². The van der Waals surface area contributed by atoms with Crippen molar-refractivity contribution in [3.05, 3.63) is 55.8 Å². The smallest absolute Gasteiger partial charge is 0.250 e. The molecule has 0 unspecified atom stereocenters. The minimum atomic E-state index is -0.746. The third-order valence-electron chi connectivity index (χ3n) is 3.93. The Kier molecular flexibility index (Phi) is 3.33. The van der Waals surface area contributed by atoms with Gasteiger partial charge < -0.3 is 10.0 Å². The summed E-state index contributed by atoms with van der Waals surface area (Å²) in [6, 6.07) is 6.05. The number of carbonyl (C=O) groups is 1. The first-order valence-electron chi connectivity index (χ1n) is 7.02. The van der Waals surface area contributed by atoms with E-state index in [1.807, 2.05) is 4.90 Å². The zero-order valence-corrected chi connectivity index (χ0v) is 11.5. The summed E-state index contributed by atoms with van der Waals surface area (Å²) in [5.74, 6) is -0.751.